The lowest BCUT2D eigenvalue weighted by molar-refractivity contribution is -0.384. The first-order valence-corrected chi connectivity index (χ1v) is 7.22. The molecule has 0 amide bonds. The summed E-state index contributed by atoms with van der Waals surface area (Å²) in [6.45, 7) is 0.454. The molecule has 0 unspecified atom stereocenters. The van der Waals surface area contributed by atoms with Gasteiger partial charge in [-0.25, -0.2) is 0 Å². The van der Waals surface area contributed by atoms with Crippen LogP contribution in [0, 0.1) is 10.1 Å². The van der Waals surface area contributed by atoms with Crippen LogP contribution < -0.4 is 4.74 Å². The molecule has 23 heavy (non-hydrogen) atoms. The maximum atomic E-state index is 11.6. The number of ether oxygens (including phenoxy) is 2. The summed E-state index contributed by atoms with van der Waals surface area (Å²) in [6.07, 6.45) is 0.782. The number of non-ortho nitro benzene ring substituents is 1. The Balaban J connectivity index is 1.67. The lowest BCUT2D eigenvalue weighted by Crippen LogP contribution is -2.07. The summed E-state index contributed by atoms with van der Waals surface area (Å²) in [5, 5.41) is 10.7. The molecule has 6 heteroatoms. The molecule has 0 heterocycles. The van der Waals surface area contributed by atoms with Crippen LogP contribution >= 0.6 is 0 Å². The Morgan fingerprint density at radius 2 is 1.87 bits per heavy atom. The number of para-hydroxylation sites is 1. The van der Waals surface area contributed by atoms with Crippen LogP contribution in [0.3, 0.4) is 0 Å². The minimum Gasteiger partial charge on any atom is -0.494 e. The van der Waals surface area contributed by atoms with Crippen LogP contribution in [0.4, 0.5) is 5.69 Å². The molecule has 0 bridgehead atoms. The fourth-order valence-electron chi connectivity index (χ4n) is 1.92. The minimum absolute atomic E-state index is 0.0187. The smallest absolute Gasteiger partial charge is 0.306 e. The zero-order valence-corrected chi connectivity index (χ0v) is 12.5. The van der Waals surface area contributed by atoms with Gasteiger partial charge in [0.1, 0.15) is 12.4 Å². The summed E-state index contributed by atoms with van der Waals surface area (Å²) in [5.41, 5.74) is 0.572. The van der Waals surface area contributed by atoms with Crippen LogP contribution in [0.15, 0.2) is 54.6 Å². The predicted octanol–water partition coefficient (Wildman–Crippen LogP) is 3.50. The predicted molar refractivity (Wildman–Crippen MR) is 84.1 cm³/mol. The van der Waals surface area contributed by atoms with Gasteiger partial charge >= 0.3 is 5.97 Å². The average Bonchev–Trinajstić information content (AvgIpc) is 2.58. The quantitative estimate of drug-likeness (QED) is 0.322. The molecule has 120 valence electrons. The van der Waals surface area contributed by atoms with E-state index in [4.69, 9.17) is 9.47 Å². The third kappa shape index (κ3) is 5.78. The van der Waals surface area contributed by atoms with Gasteiger partial charge in [-0.1, -0.05) is 30.3 Å². The summed E-state index contributed by atoms with van der Waals surface area (Å²) in [6, 6.07) is 15.4. The number of benzene rings is 2. The highest BCUT2D eigenvalue weighted by Gasteiger charge is 2.08. The molecule has 0 atom stereocenters. The second-order valence-electron chi connectivity index (χ2n) is 4.85. The minimum atomic E-state index is -0.480. The van der Waals surface area contributed by atoms with Crippen molar-refractivity contribution in [3.05, 3.63) is 70.3 Å². The Morgan fingerprint density at radius 3 is 2.61 bits per heavy atom. The Kier molecular flexibility index (Phi) is 6.11. The van der Waals surface area contributed by atoms with E-state index in [2.05, 4.69) is 0 Å². The number of hydrogen-bond acceptors (Lipinski definition) is 5. The third-order valence-electron chi connectivity index (χ3n) is 3.06. The van der Waals surface area contributed by atoms with Gasteiger partial charge in [0.05, 0.1) is 11.5 Å². The number of esters is 1. The maximum Gasteiger partial charge on any atom is 0.306 e. The highest BCUT2D eigenvalue weighted by molar-refractivity contribution is 5.69. The fourth-order valence-corrected chi connectivity index (χ4v) is 1.92. The van der Waals surface area contributed by atoms with E-state index in [9.17, 15) is 14.9 Å². The van der Waals surface area contributed by atoms with Crippen molar-refractivity contribution in [2.24, 2.45) is 0 Å². The van der Waals surface area contributed by atoms with Gasteiger partial charge in [0.25, 0.3) is 5.69 Å². The molecular formula is C17H17NO5. The first-order chi connectivity index (χ1) is 11.1. The molecule has 2 aromatic carbocycles. The van der Waals surface area contributed by atoms with Gasteiger partial charge in [0.2, 0.25) is 0 Å². The van der Waals surface area contributed by atoms with Gasteiger partial charge in [-0.05, 0) is 24.1 Å². The third-order valence-corrected chi connectivity index (χ3v) is 3.06. The lowest BCUT2D eigenvalue weighted by Gasteiger charge is -2.07. The Bertz CT molecular complexity index is 657. The molecule has 0 saturated heterocycles. The lowest BCUT2D eigenvalue weighted by atomic mass is 10.2. The molecule has 0 fully saturated rings. The standard InChI is InChI=1S/C17H17NO5/c19-17(10-5-11-22-16-8-2-1-3-9-16)23-13-14-6-4-7-15(12-14)18(20)21/h1-4,6-9,12H,5,10-11,13H2. The van der Waals surface area contributed by atoms with Gasteiger partial charge in [0.15, 0.2) is 0 Å². The molecular weight excluding hydrogens is 298 g/mol. The molecule has 0 aromatic heterocycles. The largest absolute Gasteiger partial charge is 0.494 e. The van der Waals surface area contributed by atoms with Crippen LogP contribution in [0.1, 0.15) is 18.4 Å². The van der Waals surface area contributed by atoms with Gasteiger partial charge in [-0.3, -0.25) is 14.9 Å². The van der Waals surface area contributed by atoms with E-state index >= 15 is 0 Å². The van der Waals surface area contributed by atoms with Crippen molar-refractivity contribution in [3.8, 4) is 5.75 Å². The Hall–Kier alpha value is -2.89. The second kappa shape index (κ2) is 8.53. The van der Waals surface area contributed by atoms with Crippen LogP contribution in [-0.4, -0.2) is 17.5 Å². The molecule has 2 aromatic rings. The van der Waals surface area contributed by atoms with Crippen molar-refractivity contribution in [2.45, 2.75) is 19.4 Å². The molecule has 0 aliphatic carbocycles. The highest BCUT2D eigenvalue weighted by atomic mass is 16.6. The molecule has 0 saturated carbocycles. The first-order valence-electron chi connectivity index (χ1n) is 7.22. The Morgan fingerprint density at radius 1 is 1.09 bits per heavy atom. The maximum absolute atomic E-state index is 11.6. The van der Waals surface area contributed by atoms with E-state index in [1.807, 2.05) is 30.3 Å². The number of rotatable bonds is 8. The second-order valence-corrected chi connectivity index (χ2v) is 4.85. The van der Waals surface area contributed by atoms with Crippen molar-refractivity contribution in [3.63, 3.8) is 0 Å². The van der Waals surface area contributed by atoms with Gasteiger partial charge in [-0.2, -0.15) is 0 Å². The summed E-state index contributed by atoms with van der Waals surface area (Å²) in [7, 11) is 0. The van der Waals surface area contributed by atoms with Crippen molar-refractivity contribution in [2.75, 3.05) is 6.61 Å². The van der Waals surface area contributed by atoms with Crippen LogP contribution in [-0.2, 0) is 16.1 Å². The average molecular weight is 315 g/mol. The molecule has 0 aliphatic heterocycles. The fraction of sp³-hybridized carbons (Fsp3) is 0.235. The number of nitro groups is 1. The summed E-state index contributed by atoms with van der Waals surface area (Å²) in [4.78, 5) is 21.8. The van der Waals surface area contributed by atoms with E-state index in [1.54, 1.807) is 12.1 Å². The number of nitrogens with zero attached hydrogens (tertiary/aromatic N) is 1. The van der Waals surface area contributed by atoms with E-state index in [1.165, 1.54) is 12.1 Å². The zero-order valence-electron chi connectivity index (χ0n) is 12.5. The van der Waals surface area contributed by atoms with E-state index in [0.717, 1.165) is 5.75 Å². The number of hydrogen-bond donors (Lipinski definition) is 0. The number of carbonyl (C=O) groups is 1. The van der Waals surface area contributed by atoms with Crippen molar-refractivity contribution < 1.29 is 19.2 Å². The van der Waals surface area contributed by atoms with Crippen LogP contribution in [0.25, 0.3) is 0 Å². The van der Waals surface area contributed by atoms with Crippen LogP contribution in [0.5, 0.6) is 5.75 Å². The van der Waals surface area contributed by atoms with Crippen molar-refractivity contribution in [1.82, 2.24) is 0 Å². The van der Waals surface area contributed by atoms with E-state index in [0.29, 0.717) is 18.6 Å². The molecule has 0 N–H and O–H groups in total. The first kappa shape index (κ1) is 16.5. The summed E-state index contributed by atoms with van der Waals surface area (Å²) < 4.78 is 10.6. The van der Waals surface area contributed by atoms with E-state index in [-0.39, 0.29) is 24.7 Å². The Labute approximate surface area is 133 Å². The van der Waals surface area contributed by atoms with Crippen molar-refractivity contribution >= 4 is 11.7 Å². The van der Waals surface area contributed by atoms with Crippen molar-refractivity contribution in [1.29, 1.82) is 0 Å². The molecule has 0 spiro atoms. The summed E-state index contributed by atoms with van der Waals surface area (Å²) >= 11 is 0. The SMILES string of the molecule is O=C(CCCOc1ccccc1)OCc1cccc([N+](=O)[O-])c1. The number of nitro benzene ring substituents is 1. The molecule has 6 nitrogen and oxygen atoms in total. The summed E-state index contributed by atoms with van der Waals surface area (Å²) in [5.74, 6) is 0.408. The van der Waals surface area contributed by atoms with Crippen LogP contribution in [0.2, 0.25) is 0 Å². The zero-order chi connectivity index (χ0) is 16.5. The molecule has 0 aliphatic rings. The van der Waals surface area contributed by atoms with Gasteiger partial charge in [0, 0.05) is 18.6 Å². The highest BCUT2D eigenvalue weighted by Crippen LogP contribution is 2.14. The normalized spacial score (nSPS) is 10.1. The van der Waals surface area contributed by atoms with Gasteiger partial charge < -0.3 is 9.47 Å². The molecule has 0 radical (unpaired) electrons. The topological polar surface area (TPSA) is 78.7 Å². The number of carbonyl (C=O) groups excluding carboxylic acids is 1. The monoisotopic (exact) mass is 315 g/mol. The molecule has 2 rings (SSSR count). The van der Waals surface area contributed by atoms with E-state index < -0.39 is 4.92 Å². The van der Waals surface area contributed by atoms with Gasteiger partial charge in [-0.15, -0.1) is 0 Å².